The van der Waals surface area contributed by atoms with Gasteiger partial charge in [0.15, 0.2) is 6.29 Å². The highest BCUT2D eigenvalue weighted by molar-refractivity contribution is 6.99. The number of ether oxygens (including phenoxy) is 4. The summed E-state index contributed by atoms with van der Waals surface area (Å²) in [7, 11) is -1.07. The zero-order valence-corrected chi connectivity index (χ0v) is 23.8. The molecule has 0 aromatic heterocycles. The van der Waals surface area contributed by atoms with E-state index < -0.39 is 14.4 Å². The largest absolute Gasteiger partial charge is 0.404 e. The molecule has 1 saturated heterocycles. The first-order valence-electron chi connectivity index (χ1n) is 13.3. The molecule has 4 rings (SSSR count). The number of hydrogen-bond donors (Lipinski definition) is 1. The summed E-state index contributed by atoms with van der Waals surface area (Å²) in [5.41, 5.74) is 0. The summed E-state index contributed by atoms with van der Waals surface area (Å²) < 4.78 is 29.7. The van der Waals surface area contributed by atoms with Crippen molar-refractivity contribution in [3.05, 3.63) is 72.8 Å². The highest BCUT2D eigenvalue weighted by atomic mass is 28.4. The smallest absolute Gasteiger partial charge is 0.261 e. The topological polar surface area (TPSA) is 66.4 Å². The van der Waals surface area contributed by atoms with Gasteiger partial charge in [-0.2, -0.15) is 0 Å². The van der Waals surface area contributed by atoms with E-state index in [0.29, 0.717) is 26.1 Å². The van der Waals surface area contributed by atoms with Crippen molar-refractivity contribution in [3.8, 4) is 11.8 Å². The Hall–Kier alpha value is -2.28. The molecule has 4 atom stereocenters. The summed E-state index contributed by atoms with van der Waals surface area (Å²) >= 11 is 0. The van der Waals surface area contributed by atoms with Gasteiger partial charge in [-0.25, -0.2) is 0 Å². The fourth-order valence-corrected chi connectivity index (χ4v) is 9.81. The van der Waals surface area contributed by atoms with Crippen LogP contribution in [-0.2, 0) is 23.4 Å². The Bertz CT molecular complexity index is 1040. The van der Waals surface area contributed by atoms with Crippen molar-refractivity contribution in [2.24, 2.45) is 0 Å². The van der Waals surface area contributed by atoms with E-state index in [0.717, 1.165) is 0 Å². The zero-order chi connectivity index (χ0) is 27.0. The second kappa shape index (κ2) is 13.2. The molecule has 4 unspecified atom stereocenters. The molecular formula is C31H40O6Si. The Morgan fingerprint density at radius 3 is 2.13 bits per heavy atom. The highest BCUT2D eigenvalue weighted by Gasteiger charge is 2.50. The average molecular weight is 537 g/mol. The first-order chi connectivity index (χ1) is 18.3. The summed E-state index contributed by atoms with van der Waals surface area (Å²) in [6.45, 7) is 8.00. The van der Waals surface area contributed by atoms with E-state index in [1.807, 2.05) is 24.3 Å². The fraction of sp³-hybridized carbons (Fsp3) is 0.484. The standard InChI is InChI=1S/C31H40O6Si/c1-31(2,3)38(26-13-7-5-8-14-26,27-15-9-6-10-16-27)36-23-24(32)12-11-17-29-28(33-4)19-18-25(37-29)22-30-34-20-21-35-30/h5-10,13-16,18-19,24-25,28-30,32H,17,20-23H2,1-4H3. The summed E-state index contributed by atoms with van der Waals surface area (Å²) in [5.74, 6) is 6.11. The van der Waals surface area contributed by atoms with Crippen LogP contribution in [0.5, 0.6) is 0 Å². The molecular weight excluding hydrogens is 496 g/mol. The monoisotopic (exact) mass is 536 g/mol. The number of aliphatic hydroxyl groups excluding tert-OH is 1. The lowest BCUT2D eigenvalue weighted by Crippen LogP contribution is -2.67. The highest BCUT2D eigenvalue weighted by Crippen LogP contribution is 2.36. The molecule has 7 heteroatoms. The number of benzene rings is 2. The van der Waals surface area contributed by atoms with Crippen molar-refractivity contribution in [1.29, 1.82) is 0 Å². The van der Waals surface area contributed by atoms with Crippen LogP contribution in [0.2, 0.25) is 5.04 Å². The molecule has 1 fully saturated rings. The van der Waals surface area contributed by atoms with Crippen LogP contribution in [0.25, 0.3) is 0 Å². The minimum absolute atomic E-state index is 0.123. The van der Waals surface area contributed by atoms with E-state index in [2.05, 4.69) is 81.1 Å². The second-order valence-corrected chi connectivity index (χ2v) is 15.0. The van der Waals surface area contributed by atoms with Crippen LogP contribution in [0.1, 0.15) is 33.6 Å². The number of aliphatic hydroxyl groups is 1. The van der Waals surface area contributed by atoms with Crippen LogP contribution in [0, 0.1) is 11.8 Å². The molecule has 0 spiro atoms. The molecule has 1 N–H and O–H groups in total. The number of rotatable bonds is 9. The molecule has 2 heterocycles. The molecule has 0 aliphatic carbocycles. The van der Waals surface area contributed by atoms with E-state index in [1.54, 1.807) is 7.11 Å². The van der Waals surface area contributed by atoms with Gasteiger partial charge in [0.2, 0.25) is 0 Å². The number of methoxy groups -OCH3 is 1. The van der Waals surface area contributed by atoms with Crippen molar-refractivity contribution in [2.45, 2.75) is 69.4 Å². The van der Waals surface area contributed by atoms with Crippen LogP contribution >= 0.6 is 0 Å². The van der Waals surface area contributed by atoms with E-state index in [4.69, 9.17) is 23.4 Å². The lowest BCUT2D eigenvalue weighted by molar-refractivity contribution is -0.111. The summed E-state index contributed by atoms with van der Waals surface area (Å²) in [5, 5.41) is 13.0. The molecule has 2 aliphatic heterocycles. The van der Waals surface area contributed by atoms with Crippen molar-refractivity contribution in [2.75, 3.05) is 26.9 Å². The molecule has 6 nitrogen and oxygen atoms in total. The Kier molecular flexibility index (Phi) is 9.96. The van der Waals surface area contributed by atoms with Gasteiger partial charge in [0, 0.05) is 20.0 Å². The summed E-state index contributed by atoms with van der Waals surface area (Å²) in [6.07, 6.45) is 3.34. The molecule has 2 aliphatic rings. The third-order valence-corrected chi connectivity index (χ3v) is 12.1. The third-order valence-electron chi connectivity index (χ3n) is 7.07. The van der Waals surface area contributed by atoms with Crippen molar-refractivity contribution in [3.63, 3.8) is 0 Å². The summed E-state index contributed by atoms with van der Waals surface area (Å²) in [4.78, 5) is 0. The maximum Gasteiger partial charge on any atom is 0.261 e. The quantitative estimate of drug-likeness (QED) is 0.301. The van der Waals surface area contributed by atoms with Crippen LogP contribution in [0.3, 0.4) is 0 Å². The summed E-state index contributed by atoms with van der Waals surface area (Å²) in [6, 6.07) is 20.8. The Morgan fingerprint density at radius 2 is 1.58 bits per heavy atom. The van der Waals surface area contributed by atoms with Gasteiger partial charge in [-0.3, -0.25) is 0 Å². The van der Waals surface area contributed by atoms with Gasteiger partial charge in [-0.15, -0.1) is 0 Å². The lowest BCUT2D eigenvalue weighted by atomic mass is 10.0. The zero-order valence-electron chi connectivity index (χ0n) is 22.8. The maximum absolute atomic E-state index is 10.9. The van der Waals surface area contributed by atoms with E-state index in [-0.39, 0.29) is 36.2 Å². The van der Waals surface area contributed by atoms with E-state index in [9.17, 15) is 5.11 Å². The molecule has 2 aromatic rings. The predicted molar refractivity (Wildman–Crippen MR) is 151 cm³/mol. The maximum atomic E-state index is 10.9. The molecule has 0 bridgehead atoms. The first kappa shape index (κ1) is 28.7. The van der Waals surface area contributed by atoms with Gasteiger partial charge in [0.05, 0.1) is 32.0 Å². The Morgan fingerprint density at radius 1 is 0.974 bits per heavy atom. The van der Waals surface area contributed by atoms with Gasteiger partial charge in [0.25, 0.3) is 8.32 Å². The Labute approximate surface area is 228 Å². The van der Waals surface area contributed by atoms with Gasteiger partial charge < -0.3 is 28.5 Å². The minimum atomic E-state index is -2.73. The second-order valence-electron chi connectivity index (χ2n) is 10.7. The molecule has 2 aromatic carbocycles. The third kappa shape index (κ3) is 6.83. The molecule has 0 saturated carbocycles. The van der Waals surface area contributed by atoms with Crippen molar-refractivity contribution < 1.29 is 28.5 Å². The van der Waals surface area contributed by atoms with Gasteiger partial charge in [-0.05, 0) is 15.4 Å². The van der Waals surface area contributed by atoms with Crippen LogP contribution in [-0.4, -0.2) is 71.1 Å². The Balaban J connectivity index is 1.44. The van der Waals surface area contributed by atoms with Crippen LogP contribution < -0.4 is 10.4 Å². The number of hydrogen-bond acceptors (Lipinski definition) is 6. The first-order valence-corrected chi connectivity index (χ1v) is 15.3. The van der Waals surface area contributed by atoms with Gasteiger partial charge >= 0.3 is 0 Å². The predicted octanol–water partition coefficient (Wildman–Crippen LogP) is 3.42. The van der Waals surface area contributed by atoms with Gasteiger partial charge in [0.1, 0.15) is 12.2 Å². The molecule has 0 radical (unpaired) electrons. The van der Waals surface area contributed by atoms with Crippen molar-refractivity contribution >= 4 is 18.7 Å². The van der Waals surface area contributed by atoms with Crippen LogP contribution in [0.15, 0.2) is 72.8 Å². The molecule has 0 amide bonds. The molecule has 204 valence electrons. The van der Waals surface area contributed by atoms with Crippen molar-refractivity contribution in [1.82, 2.24) is 0 Å². The van der Waals surface area contributed by atoms with E-state index in [1.165, 1.54) is 10.4 Å². The van der Waals surface area contributed by atoms with Crippen LogP contribution in [0.4, 0.5) is 0 Å². The van der Waals surface area contributed by atoms with E-state index >= 15 is 0 Å². The average Bonchev–Trinajstić information content (AvgIpc) is 3.43. The molecule has 38 heavy (non-hydrogen) atoms. The fourth-order valence-electron chi connectivity index (χ4n) is 5.25. The normalized spacial score (nSPS) is 23.1. The van der Waals surface area contributed by atoms with Gasteiger partial charge in [-0.1, -0.05) is 105 Å². The minimum Gasteiger partial charge on any atom is -0.404 e. The lowest BCUT2D eigenvalue weighted by Gasteiger charge is -2.43. The SMILES string of the molecule is COC1C=CC(CC2OCCO2)OC1CC#CC(O)CO[Si](c1ccccc1)(c1ccccc1)C(C)(C)C.